The Morgan fingerprint density at radius 3 is 2.70 bits per heavy atom. The molecule has 0 saturated carbocycles. The molecule has 0 atom stereocenters. The predicted octanol–water partition coefficient (Wildman–Crippen LogP) is 2.93. The summed E-state index contributed by atoms with van der Waals surface area (Å²) in [5, 5.41) is 3.96. The fourth-order valence-corrected chi connectivity index (χ4v) is 2.21. The second-order valence-electron chi connectivity index (χ2n) is 4.71. The van der Waals surface area contributed by atoms with Crippen LogP contribution in [0.5, 0.6) is 0 Å². The first-order chi connectivity index (χ1) is 9.72. The number of hydrogen-bond donors (Lipinski definition) is 3. The van der Waals surface area contributed by atoms with E-state index in [-0.39, 0.29) is 5.91 Å². The topological polar surface area (TPSA) is 70.9 Å². The summed E-state index contributed by atoms with van der Waals surface area (Å²) >= 11 is 0. The minimum Gasteiger partial charge on any atom is -0.399 e. The van der Waals surface area contributed by atoms with Gasteiger partial charge >= 0.3 is 0 Å². The molecule has 4 nitrogen and oxygen atoms in total. The summed E-state index contributed by atoms with van der Waals surface area (Å²) in [5.41, 5.74) is 9.10. The maximum absolute atomic E-state index is 12.1. The molecule has 3 aromatic rings. The van der Waals surface area contributed by atoms with Crippen molar-refractivity contribution in [3.8, 4) is 0 Å². The van der Waals surface area contributed by atoms with Crippen LogP contribution in [0.4, 0.5) is 11.4 Å². The molecule has 0 fully saturated rings. The second-order valence-corrected chi connectivity index (χ2v) is 4.71. The highest BCUT2D eigenvalue weighted by molar-refractivity contribution is 6.01. The molecular formula is C16H15N3O. The van der Waals surface area contributed by atoms with E-state index in [0.717, 1.165) is 22.2 Å². The van der Waals surface area contributed by atoms with Crippen LogP contribution >= 0.6 is 0 Å². The van der Waals surface area contributed by atoms with E-state index < -0.39 is 0 Å². The van der Waals surface area contributed by atoms with Gasteiger partial charge in [-0.25, -0.2) is 0 Å². The van der Waals surface area contributed by atoms with Crippen molar-refractivity contribution in [1.29, 1.82) is 0 Å². The van der Waals surface area contributed by atoms with Gasteiger partial charge in [0.25, 0.3) is 0 Å². The van der Waals surface area contributed by atoms with Crippen LogP contribution in [0.2, 0.25) is 0 Å². The third kappa shape index (κ3) is 2.49. The van der Waals surface area contributed by atoms with E-state index in [0.29, 0.717) is 12.1 Å². The standard InChI is InChI=1S/C16H15N3O/c17-12-6-4-11(5-7-12)10-16(20)19-15-3-1-2-14-13(15)8-9-18-14/h1-9,18H,10,17H2,(H,19,20). The summed E-state index contributed by atoms with van der Waals surface area (Å²) in [6, 6.07) is 15.1. The van der Waals surface area contributed by atoms with Crippen LogP contribution in [-0.4, -0.2) is 10.9 Å². The minimum absolute atomic E-state index is 0.0385. The van der Waals surface area contributed by atoms with Crippen LogP contribution in [0.3, 0.4) is 0 Å². The zero-order chi connectivity index (χ0) is 13.9. The molecule has 0 radical (unpaired) electrons. The number of fused-ring (bicyclic) bond motifs is 1. The molecule has 1 heterocycles. The first-order valence-corrected chi connectivity index (χ1v) is 6.43. The van der Waals surface area contributed by atoms with Gasteiger partial charge in [0.2, 0.25) is 5.91 Å². The maximum atomic E-state index is 12.1. The molecule has 3 rings (SSSR count). The van der Waals surface area contributed by atoms with Crippen LogP contribution in [0.1, 0.15) is 5.56 Å². The van der Waals surface area contributed by atoms with Gasteiger partial charge in [0.05, 0.1) is 12.1 Å². The molecule has 4 heteroatoms. The molecule has 0 spiro atoms. The lowest BCUT2D eigenvalue weighted by Crippen LogP contribution is -2.14. The molecular weight excluding hydrogens is 250 g/mol. The van der Waals surface area contributed by atoms with Crippen LogP contribution < -0.4 is 11.1 Å². The van der Waals surface area contributed by atoms with Gasteiger partial charge in [0, 0.05) is 22.8 Å². The Labute approximate surface area is 116 Å². The molecule has 0 aliphatic rings. The average Bonchev–Trinajstić information content (AvgIpc) is 2.91. The summed E-state index contributed by atoms with van der Waals surface area (Å²) in [6.07, 6.45) is 2.20. The van der Waals surface area contributed by atoms with E-state index >= 15 is 0 Å². The van der Waals surface area contributed by atoms with Gasteiger partial charge in [-0.2, -0.15) is 0 Å². The summed E-state index contributed by atoms with van der Waals surface area (Å²) in [6.45, 7) is 0. The van der Waals surface area contributed by atoms with E-state index in [1.807, 2.05) is 42.6 Å². The normalized spacial score (nSPS) is 10.6. The zero-order valence-corrected chi connectivity index (χ0v) is 10.9. The third-order valence-electron chi connectivity index (χ3n) is 3.21. The van der Waals surface area contributed by atoms with Crippen LogP contribution in [0.25, 0.3) is 10.9 Å². The number of rotatable bonds is 3. The number of nitrogens with one attached hydrogen (secondary N) is 2. The Bertz CT molecular complexity index is 744. The number of carbonyl (C=O) groups is 1. The van der Waals surface area contributed by atoms with E-state index in [1.165, 1.54) is 0 Å². The quantitative estimate of drug-likeness (QED) is 0.637. The highest BCUT2D eigenvalue weighted by Crippen LogP contribution is 2.22. The van der Waals surface area contributed by atoms with Gasteiger partial charge in [-0.15, -0.1) is 0 Å². The molecule has 0 bridgehead atoms. The van der Waals surface area contributed by atoms with E-state index in [2.05, 4.69) is 10.3 Å². The van der Waals surface area contributed by atoms with Crippen molar-refractivity contribution < 1.29 is 4.79 Å². The fraction of sp³-hybridized carbons (Fsp3) is 0.0625. The van der Waals surface area contributed by atoms with Crippen LogP contribution in [0, 0.1) is 0 Å². The Morgan fingerprint density at radius 2 is 1.90 bits per heavy atom. The number of aromatic nitrogens is 1. The largest absolute Gasteiger partial charge is 0.399 e. The summed E-state index contributed by atoms with van der Waals surface area (Å²) in [7, 11) is 0. The maximum Gasteiger partial charge on any atom is 0.228 e. The molecule has 20 heavy (non-hydrogen) atoms. The lowest BCUT2D eigenvalue weighted by molar-refractivity contribution is -0.115. The highest BCUT2D eigenvalue weighted by atomic mass is 16.1. The number of hydrogen-bond acceptors (Lipinski definition) is 2. The summed E-state index contributed by atoms with van der Waals surface area (Å²) in [4.78, 5) is 15.2. The van der Waals surface area contributed by atoms with Crippen molar-refractivity contribution in [2.24, 2.45) is 0 Å². The second kappa shape index (κ2) is 5.09. The smallest absolute Gasteiger partial charge is 0.228 e. The lowest BCUT2D eigenvalue weighted by atomic mass is 10.1. The number of H-pyrrole nitrogens is 1. The fourth-order valence-electron chi connectivity index (χ4n) is 2.21. The van der Waals surface area contributed by atoms with Crippen molar-refractivity contribution in [2.75, 3.05) is 11.1 Å². The Morgan fingerprint density at radius 1 is 1.10 bits per heavy atom. The number of aromatic amines is 1. The molecule has 1 aromatic heterocycles. The minimum atomic E-state index is -0.0385. The lowest BCUT2D eigenvalue weighted by Gasteiger charge is -2.07. The molecule has 100 valence electrons. The zero-order valence-electron chi connectivity index (χ0n) is 10.9. The van der Waals surface area contributed by atoms with E-state index in [1.54, 1.807) is 12.1 Å². The Kier molecular flexibility index (Phi) is 3.13. The van der Waals surface area contributed by atoms with Gasteiger partial charge in [-0.05, 0) is 35.9 Å². The Hall–Kier alpha value is -2.75. The van der Waals surface area contributed by atoms with E-state index in [9.17, 15) is 4.79 Å². The van der Waals surface area contributed by atoms with Crippen molar-refractivity contribution >= 4 is 28.2 Å². The number of carbonyl (C=O) groups excluding carboxylic acids is 1. The third-order valence-corrected chi connectivity index (χ3v) is 3.21. The van der Waals surface area contributed by atoms with Crippen molar-refractivity contribution in [3.63, 3.8) is 0 Å². The monoisotopic (exact) mass is 265 g/mol. The van der Waals surface area contributed by atoms with Gasteiger partial charge in [0.1, 0.15) is 0 Å². The van der Waals surface area contributed by atoms with Crippen LogP contribution in [0.15, 0.2) is 54.7 Å². The number of benzene rings is 2. The molecule has 0 saturated heterocycles. The highest BCUT2D eigenvalue weighted by Gasteiger charge is 2.07. The molecule has 0 aliphatic heterocycles. The first-order valence-electron chi connectivity index (χ1n) is 6.43. The number of amides is 1. The van der Waals surface area contributed by atoms with Gasteiger partial charge in [0.15, 0.2) is 0 Å². The first kappa shape index (κ1) is 12.3. The molecule has 4 N–H and O–H groups in total. The number of nitrogen functional groups attached to an aromatic ring is 1. The van der Waals surface area contributed by atoms with Gasteiger partial charge in [-0.1, -0.05) is 18.2 Å². The molecule has 0 unspecified atom stereocenters. The Balaban J connectivity index is 1.76. The van der Waals surface area contributed by atoms with Gasteiger partial charge in [-0.3, -0.25) is 4.79 Å². The van der Waals surface area contributed by atoms with Crippen molar-refractivity contribution in [2.45, 2.75) is 6.42 Å². The molecule has 2 aromatic carbocycles. The summed E-state index contributed by atoms with van der Waals surface area (Å²) in [5.74, 6) is -0.0385. The molecule has 1 amide bonds. The van der Waals surface area contributed by atoms with Crippen LogP contribution in [-0.2, 0) is 11.2 Å². The predicted molar refractivity (Wildman–Crippen MR) is 81.5 cm³/mol. The number of anilines is 2. The SMILES string of the molecule is Nc1ccc(CC(=O)Nc2cccc3[nH]ccc23)cc1. The van der Waals surface area contributed by atoms with Crippen molar-refractivity contribution in [1.82, 2.24) is 4.98 Å². The number of nitrogens with two attached hydrogens (primary N) is 1. The molecule has 0 aliphatic carbocycles. The van der Waals surface area contributed by atoms with E-state index in [4.69, 9.17) is 5.73 Å². The van der Waals surface area contributed by atoms with Gasteiger partial charge < -0.3 is 16.0 Å². The summed E-state index contributed by atoms with van der Waals surface area (Å²) < 4.78 is 0. The average molecular weight is 265 g/mol. The van der Waals surface area contributed by atoms with Crippen molar-refractivity contribution in [3.05, 3.63) is 60.3 Å².